The Hall–Kier alpha value is -2.68. The SMILES string of the molecule is C=CCOC(=O)c1ccccc1C(=O)c1ccccc1C. The lowest BCUT2D eigenvalue weighted by Crippen LogP contribution is -2.13. The van der Waals surface area contributed by atoms with E-state index in [2.05, 4.69) is 6.58 Å². The fraction of sp³-hybridized carbons (Fsp3) is 0.111. The number of ketones is 1. The third-order valence-electron chi connectivity index (χ3n) is 3.11. The lowest BCUT2D eigenvalue weighted by atomic mass is 9.95. The van der Waals surface area contributed by atoms with E-state index in [-0.39, 0.29) is 18.0 Å². The summed E-state index contributed by atoms with van der Waals surface area (Å²) in [5.74, 6) is -0.702. The monoisotopic (exact) mass is 280 g/mol. The molecule has 0 bridgehead atoms. The van der Waals surface area contributed by atoms with Gasteiger partial charge in [-0.15, -0.1) is 0 Å². The Labute approximate surface area is 123 Å². The predicted molar refractivity (Wildman–Crippen MR) is 81.5 cm³/mol. The number of carbonyl (C=O) groups is 2. The van der Waals surface area contributed by atoms with E-state index in [0.29, 0.717) is 11.1 Å². The van der Waals surface area contributed by atoms with E-state index in [1.165, 1.54) is 6.08 Å². The van der Waals surface area contributed by atoms with E-state index >= 15 is 0 Å². The lowest BCUT2D eigenvalue weighted by Gasteiger charge is -2.09. The Kier molecular flexibility index (Phi) is 4.67. The molecule has 2 aromatic rings. The van der Waals surface area contributed by atoms with Crippen molar-refractivity contribution in [1.29, 1.82) is 0 Å². The molecule has 0 heterocycles. The number of ether oxygens (including phenoxy) is 1. The van der Waals surface area contributed by atoms with Gasteiger partial charge in [-0.25, -0.2) is 4.79 Å². The summed E-state index contributed by atoms with van der Waals surface area (Å²) < 4.78 is 5.02. The van der Waals surface area contributed by atoms with Gasteiger partial charge in [0.1, 0.15) is 6.61 Å². The molecule has 2 aromatic carbocycles. The second-order valence-electron chi connectivity index (χ2n) is 4.58. The van der Waals surface area contributed by atoms with Crippen LogP contribution in [0.3, 0.4) is 0 Å². The Balaban J connectivity index is 2.40. The van der Waals surface area contributed by atoms with Crippen LogP contribution in [0.15, 0.2) is 61.2 Å². The number of rotatable bonds is 5. The molecule has 3 heteroatoms. The second kappa shape index (κ2) is 6.66. The number of esters is 1. The molecule has 0 N–H and O–H groups in total. The molecule has 0 amide bonds. The molecule has 0 spiro atoms. The van der Waals surface area contributed by atoms with Gasteiger partial charge in [-0.1, -0.05) is 55.1 Å². The van der Waals surface area contributed by atoms with Gasteiger partial charge in [0.15, 0.2) is 5.78 Å². The van der Waals surface area contributed by atoms with Gasteiger partial charge in [-0.05, 0) is 18.6 Å². The number of hydrogen-bond donors (Lipinski definition) is 0. The Morgan fingerprint density at radius 3 is 2.19 bits per heavy atom. The van der Waals surface area contributed by atoms with E-state index in [9.17, 15) is 9.59 Å². The molecule has 2 rings (SSSR count). The summed E-state index contributed by atoms with van der Waals surface area (Å²) in [6.07, 6.45) is 1.49. The molecule has 0 aromatic heterocycles. The third-order valence-corrected chi connectivity index (χ3v) is 3.11. The van der Waals surface area contributed by atoms with Crippen LogP contribution in [0.2, 0.25) is 0 Å². The molecule has 3 nitrogen and oxygen atoms in total. The highest BCUT2D eigenvalue weighted by Crippen LogP contribution is 2.18. The van der Waals surface area contributed by atoms with Crippen LogP contribution < -0.4 is 0 Å². The molecule has 0 aliphatic carbocycles. The summed E-state index contributed by atoms with van der Waals surface area (Å²) in [6.45, 7) is 5.48. The Morgan fingerprint density at radius 2 is 1.57 bits per heavy atom. The zero-order valence-corrected chi connectivity index (χ0v) is 11.8. The van der Waals surface area contributed by atoms with Crippen LogP contribution in [0.4, 0.5) is 0 Å². The fourth-order valence-electron chi connectivity index (χ4n) is 2.04. The molecule has 0 unspecified atom stereocenters. The molecule has 21 heavy (non-hydrogen) atoms. The molecule has 0 aliphatic rings. The van der Waals surface area contributed by atoms with Crippen molar-refractivity contribution in [2.24, 2.45) is 0 Å². The van der Waals surface area contributed by atoms with Crippen molar-refractivity contribution in [1.82, 2.24) is 0 Å². The summed E-state index contributed by atoms with van der Waals surface area (Å²) in [5, 5.41) is 0. The van der Waals surface area contributed by atoms with Crippen molar-refractivity contribution in [2.45, 2.75) is 6.92 Å². The average Bonchev–Trinajstić information content (AvgIpc) is 2.52. The maximum absolute atomic E-state index is 12.6. The first-order valence-electron chi connectivity index (χ1n) is 6.62. The number of benzene rings is 2. The van der Waals surface area contributed by atoms with Gasteiger partial charge in [0.2, 0.25) is 0 Å². The van der Waals surface area contributed by atoms with E-state index in [1.807, 2.05) is 19.1 Å². The quantitative estimate of drug-likeness (QED) is 0.478. The highest BCUT2D eigenvalue weighted by molar-refractivity contribution is 6.15. The minimum absolute atomic E-state index is 0.117. The van der Waals surface area contributed by atoms with E-state index in [4.69, 9.17) is 4.74 Å². The van der Waals surface area contributed by atoms with Gasteiger partial charge in [-0.2, -0.15) is 0 Å². The van der Waals surface area contributed by atoms with Crippen molar-refractivity contribution < 1.29 is 14.3 Å². The van der Waals surface area contributed by atoms with E-state index < -0.39 is 5.97 Å². The van der Waals surface area contributed by atoms with Crippen LogP contribution in [0.25, 0.3) is 0 Å². The topological polar surface area (TPSA) is 43.4 Å². The first-order chi connectivity index (χ1) is 10.1. The number of carbonyl (C=O) groups excluding carboxylic acids is 2. The lowest BCUT2D eigenvalue weighted by molar-refractivity contribution is 0.0547. The van der Waals surface area contributed by atoms with Gasteiger partial charge in [0.05, 0.1) is 5.56 Å². The normalized spacial score (nSPS) is 9.95. The molecule has 0 aliphatic heterocycles. The van der Waals surface area contributed by atoms with E-state index in [1.54, 1.807) is 36.4 Å². The first-order valence-corrected chi connectivity index (χ1v) is 6.62. The van der Waals surface area contributed by atoms with Gasteiger partial charge >= 0.3 is 5.97 Å². The predicted octanol–water partition coefficient (Wildman–Crippen LogP) is 3.57. The Morgan fingerprint density at radius 1 is 1.00 bits per heavy atom. The summed E-state index contributed by atoms with van der Waals surface area (Å²) in [6, 6.07) is 14.0. The second-order valence-corrected chi connectivity index (χ2v) is 4.58. The minimum Gasteiger partial charge on any atom is -0.458 e. The highest BCUT2D eigenvalue weighted by Gasteiger charge is 2.19. The zero-order chi connectivity index (χ0) is 15.2. The van der Waals surface area contributed by atoms with Crippen LogP contribution >= 0.6 is 0 Å². The van der Waals surface area contributed by atoms with Crippen LogP contribution in [0, 0.1) is 6.92 Å². The average molecular weight is 280 g/mol. The van der Waals surface area contributed by atoms with Gasteiger partial charge in [-0.3, -0.25) is 4.79 Å². The molecular weight excluding hydrogens is 264 g/mol. The minimum atomic E-state index is -0.521. The summed E-state index contributed by atoms with van der Waals surface area (Å²) in [5.41, 5.74) is 2.08. The first kappa shape index (κ1) is 14.7. The van der Waals surface area contributed by atoms with Gasteiger partial charge in [0.25, 0.3) is 0 Å². The Bertz CT molecular complexity index is 686. The van der Waals surface area contributed by atoms with Gasteiger partial charge < -0.3 is 4.74 Å². The molecule has 0 saturated heterocycles. The van der Waals surface area contributed by atoms with Gasteiger partial charge in [0, 0.05) is 11.1 Å². The van der Waals surface area contributed by atoms with Crippen LogP contribution in [-0.4, -0.2) is 18.4 Å². The third kappa shape index (κ3) is 3.26. The summed E-state index contributed by atoms with van der Waals surface area (Å²) >= 11 is 0. The van der Waals surface area contributed by atoms with Crippen molar-refractivity contribution >= 4 is 11.8 Å². The molecule has 106 valence electrons. The van der Waals surface area contributed by atoms with Crippen molar-refractivity contribution in [3.8, 4) is 0 Å². The summed E-state index contributed by atoms with van der Waals surface area (Å²) in [7, 11) is 0. The van der Waals surface area contributed by atoms with Crippen LogP contribution in [0.5, 0.6) is 0 Å². The smallest absolute Gasteiger partial charge is 0.339 e. The maximum Gasteiger partial charge on any atom is 0.339 e. The molecule has 0 saturated carbocycles. The summed E-state index contributed by atoms with van der Waals surface area (Å²) in [4.78, 5) is 24.7. The zero-order valence-electron chi connectivity index (χ0n) is 11.8. The molecule has 0 radical (unpaired) electrons. The highest BCUT2D eigenvalue weighted by atomic mass is 16.5. The fourth-order valence-corrected chi connectivity index (χ4v) is 2.04. The van der Waals surface area contributed by atoms with Crippen molar-refractivity contribution in [3.05, 3.63) is 83.4 Å². The van der Waals surface area contributed by atoms with Crippen LogP contribution in [0.1, 0.15) is 31.8 Å². The molecule has 0 atom stereocenters. The number of aryl methyl sites for hydroxylation is 1. The van der Waals surface area contributed by atoms with E-state index in [0.717, 1.165) is 5.56 Å². The molecular formula is C18H16O3. The van der Waals surface area contributed by atoms with Crippen molar-refractivity contribution in [2.75, 3.05) is 6.61 Å². The molecule has 0 fully saturated rings. The standard InChI is InChI=1S/C18H16O3/c1-3-12-21-18(20)16-11-7-6-10-15(16)17(19)14-9-5-4-8-13(14)2/h3-11H,1,12H2,2H3. The maximum atomic E-state index is 12.6. The van der Waals surface area contributed by atoms with Crippen LogP contribution in [-0.2, 0) is 4.74 Å². The number of hydrogen-bond acceptors (Lipinski definition) is 3. The van der Waals surface area contributed by atoms with Crippen molar-refractivity contribution in [3.63, 3.8) is 0 Å². The largest absolute Gasteiger partial charge is 0.458 e.